The Kier molecular flexibility index (Phi) is 3.80. The van der Waals surface area contributed by atoms with Crippen LogP contribution >= 0.6 is 11.8 Å². The fourth-order valence-corrected chi connectivity index (χ4v) is 3.21. The lowest BCUT2D eigenvalue weighted by Gasteiger charge is -2.28. The van der Waals surface area contributed by atoms with E-state index in [-0.39, 0.29) is 0 Å². The van der Waals surface area contributed by atoms with E-state index in [4.69, 9.17) is 4.74 Å². The van der Waals surface area contributed by atoms with Crippen LogP contribution in [0.3, 0.4) is 0 Å². The first-order valence-electron chi connectivity index (χ1n) is 6.06. The Morgan fingerprint density at radius 1 is 1.44 bits per heavy atom. The summed E-state index contributed by atoms with van der Waals surface area (Å²) in [6.07, 6.45) is 3.96. The second-order valence-corrected chi connectivity index (χ2v) is 6.55. The van der Waals surface area contributed by atoms with E-state index in [9.17, 15) is 0 Å². The summed E-state index contributed by atoms with van der Waals surface area (Å²) in [5, 5.41) is 4.69. The topological polar surface area (TPSA) is 33.6 Å². The van der Waals surface area contributed by atoms with E-state index >= 15 is 0 Å². The number of nitrogens with zero attached hydrogens (tertiary/aromatic N) is 1. The maximum Gasteiger partial charge on any atom is 0.156 e. The second kappa shape index (κ2) is 4.96. The molecule has 0 aromatic rings. The predicted molar refractivity (Wildman–Crippen MR) is 70.1 cm³/mol. The Balaban J connectivity index is 1.81. The lowest BCUT2D eigenvalue weighted by molar-refractivity contribution is 0.107. The van der Waals surface area contributed by atoms with Crippen LogP contribution in [-0.4, -0.2) is 36.7 Å². The number of thioether (sulfide) groups is 1. The summed E-state index contributed by atoms with van der Waals surface area (Å²) < 4.78 is 5.38. The van der Waals surface area contributed by atoms with E-state index in [0.717, 1.165) is 18.1 Å². The smallest absolute Gasteiger partial charge is 0.156 e. The monoisotopic (exact) mass is 242 g/mol. The van der Waals surface area contributed by atoms with Crippen molar-refractivity contribution in [2.45, 2.75) is 45.3 Å². The molecule has 2 atom stereocenters. The Hall–Kier alpha value is -0.220. The van der Waals surface area contributed by atoms with E-state index in [0.29, 0.717) is 17.6 Å². The van der Waals surface area contributed by atoms with Crippen LogP contribution in [0.2, 0.25) is 0 Å². The lowest BCUT2D eigenvalue weighted by Crippen LogP contribution is -2.36. The van der Waals surface area contributed by atoms with Gasteiger partial charge in [-0.3, -0.25) is 4.99 Å². The van der Waals surface area contributed by atoms with Gasteiger partial charge < -0.3 is 10.1 Å². The fraction of sp³-hybridized carbons (Fsp3) is 0.917. The van der Waals surface area contributed by atoms with Gasteiger partial charge in [0.2, 0.25) is 0 Å². The Bertz CT molecular complexity index is 278. The summed E-state index contributed by atoms with van der Waals surface area (Å²) in [5.41, 5.74) is 0.362. The van der Waals surface area contributed by atoms with Gasteiger partial charge in [0.15, 0.2) is 5.17 Å². The third-order valence-corrected chi connectivity index (χ3v) is 4.74. The number of amidine groups is 1. The molecule has 1 aliphatic carbocycles. The number of nitrogens with one attached hydrogen (secondary N) is 1. The van der Waals surface area contributed by atoms with Crippen LogP contribution in [0.5, 0.6) is 0 Å². The molecule has 2 aliphatic rings. The van der Waals surface area contributed by atoms with Gasteiger partial charge >= 0.3 is 0 Å². The average Bonchev–Trinajstić information content (AvgIpc) is 2.69. The molecule has 92 valence electrons. The van der Waals surface area contributed by atoms with Crippen LogP contribution in [0, 0.1) is 5.41 Å². The molecule has 0 aromatic heterocycles. The van der Waals surface area contributed by atoms with Crippen LogP contribution in [0.25, 0.3) is 0 Å². The number of hydrogen-bond donors (Lipinski definition) is 1. The highest BCUT2D eigenvalue weighted by molar-refractivity contribution is 8.13. The van der Waals surface area contributed by atoms with Crippen LogP contribution in [-0.2, 0) is 4.74 Å². The quantitative estimate of drug-likeness (QED) is 0.806. The standard InChI is InChI=1S/C12H22N2OS/c1-12(2)7-13-11(16-8-12)14-9-4-5-10(6-9)15-3/h9-10H,4-8H2,1-3H3,(H,13,14). The minimum absolute atomic E-state index is 0.362. The summed E-state index contributed by atoms with van der Waals surface area (Å²) in [6.45, 7) is 5.50. The molecule has 3 nitrogen and oxygen atoms in total. The van der Waals surface area contributed by atoms with Gasteiger partial charge in [-0.1, -0.05) is 25.6 Å². The molecule has 2 rings (SSSR count). The van der Waals surface area contributed by atoms with Gasteiger partial charge in [0.25, 0.3) is 0 Å². The van der Waals surface area contributed by atoms with Crippen LogP contribution in [0.15, 0.2) is 4.99 Å². The molecule has 0 bridgehead atoms. The third kappa shape index (κ3) is 3.14. The second-order valence-electron chi connectivity index (χ2n) is 5.59. The SMILES string of the molecule is COC1CCC(NC2=NCC(C)(C)CS2)C1. The fourth-order valence-electron chi connectivity index (χ4n) is 2.19. The van der Waals surface area contributed by atoms with Gasteiger partial charge in [0.1, 0.15) is 0 Å². The molecule has 1 saturated carbocycles. The zero-order chi connectivity index (χ0) is 11.6. The van der Waals surface area contributed by atoms with E-state index in [2.05, 4.69) is 24.2 Å². The summed E-state index contributed by atoms with van der Waals surface area (Å²) >= 11 is 1.86. The molecule has 1 aliphatic heterocycles. The van der Waals surface area contributed by atoms with Crippen molar-refractivity contribution >= 4 is 16.9 Å². The highest BCUT2D eigenvalue weighted by Gasteiger charge is 2.28. The molecule has 0 radical (unpaired) electrons. The minimum Gasteiger partial charge on any atom is -0.381 e. The number of aliphatic imine (C=N–C) groups is 1. The first kappa shape index (κ1) is 12.2. The lowest BCUT2D eigenvalue weighted by atomic mass is 9.97. The zero-order valence-electron chi connectivity index (χ0n) is 10.5. The normalized spacial score (nSPS) is 33.6. The van der Waals surface area contributed by atoms with Crippen molar-refractivity contribution in [1.29, 1.82) is 0 Å². The highest BCUT2D eigenvalue weighted by atomic mass is 32.2. The van der Waals surface area contributed by atoms with Gasteiger partial charge in [-0.2, -0.15) is 0 Å². The van der Waals surface area contributed by atoms with Gasteiger partial charge in [0.05, 0.1) is 6.10 Å². The molecule has 0 aromatic carbocycles. The average molecular weight is 242 g/mol. The van der Waals surface area contributed by atoms with Crippen molar-refractivity contribution in [2.75, 3.05) is 19.4 Å². The van der Waals surface area contributed by atoms with E-state index in [1.165, 1.54) is 18.6 Å². The van der Waals surface area contributed by atoms with Crippen molar-refractivity contribution in [3.05, 3.63) is 0 Å². The molecular formula is C12H22N2OS. The summed E-state index contributed by atoms with van der Waals surface area (Å²) in [6, 6.07) is 0.567. The molecule has 0 amide bonds. The first-order valence-corrected chi connectivity index (χ1v) is 7.04. The molecule has 2 unspecified atom stereocenters. The van der Waals surface area contributed by atoms with Crippen molar-refractivity contribution in [3.8, 4) is 0 Å². The first-order chi connectivity index (χ1) is 7.59. The number of rotatable bonds is 2. The van der Waals surface area contributed by atoms with E-state index < -0.39 is 0 Å². The van der Waals surface area contributed by atoms with E-state index in [1.807, 2.05) is 18.9 Å². The number of hydrogen-bond acceptors (Lipinski definition) is 4. The van der Waals surface area contributed by atoms with Gasteiger partial charge in [-0.25, -0.2) is 0 Å². The minimum atomic E-state index is 0.362. The van der Waals surface area contributed by atoms with Crippen LogP contribution < -0.4 is 5.32 Å². The largest absolute Gasteiger partial charge is 0.381 e. The van der Waals surface area contributed by atoms with Crippen molar-refractivity contribution in [2.24, 2.45) is 10.4 Å². The number of ether oxygens (including phenoxy) is 1. The van der Waals surface area contributed by atoms with Crippen LogP contribution in [0.4, 0.5) is 0 Å². The zero-order valence-corrected chi connectivity index (χ0v) is 11.3. The molecule has 4 heteroatoms. The Morgan fingerprint density at radius 3 is 2.81 bits per heavy atom. The van der Waals surface area contributed by atoms with Gasteiger partial charge in [-0.15, -0.1) is 0 Å². The maximum absolute atomic E-state index is 5.38. The van der Waals surface area contributed by atoms with Crippen molar-refractivity contribution < 1.29 is 4.74 Å². The molecular weight excluding hydrogens is 220 g/mol. The van der Waals surface area contributed by atoms with Crippen molar-refractivity contribution in [1.82, 2.24) is 5.32 Å². The molecule has 1 fully saturated rings. The summed E-state index contributed by atoms with van der Waals surface area (Å²) in [5.74, 6) is 1.17. The molecule has 16 heavy (non-hydrogen) atoms. The van der Waals surface area contributed by atoms with Crippen LogP contribution in [0.1, 0.15) is 33.1 Å². The summed E-state index contributed by atoms with van der Waals surface area (Å²) in [4.78, 5) is 4.62. The van der Waals surface area contributed by atoms with Gasteiger partial charge in [0, 0.05) is 25.4 Å². The summed E-state index contributed by atoms with van der Waals surface area (Å²) in [7, 11) is 1.81. The molecule has 1 heterocycles. The van der Waals surface area contributed by atoms with Crippen molar-refractivity contribution in [3.63, 3.8) is 0 Å². The molecule has 0 spiro atoms. The Morgan fingerprint density at radius 2 is 2.25 bits per heavy atom. The van der Waals surface area contributed by atoms with E-state index in [1.54, 1.807) is 0 Å². The maximum atomic E-state index is 5.38. The number of methoxy groups -OCH3 is 1. The molecule has 1 N–H and O–H groups in total. The third-order valence-electron chi connectivity index (χ3n) is 3.30. The van der Waals surface area contributed by atoms with Gasteiger partial charge in [-0.05, 0) is 24.7 Å². The predicted octanol–water partition coefficient (Wildman–Crippen LogP) is 2.27. The highest BCUT2D eigenvalue weighted by Crippen LogP contribution is 2.28. The molecule has 0 saturated heterocycles. The Labute approximate surface area is 102 Å².